The number of nitrogens with zero attached hydrogens (tertiary/aromatic N) is 2. The van der Waals surface area contributed by atoms with Gasteiger partial charge in [-0.2, -0.15) is 0 Å². The molecule has 0 radical (unpaired) electrons. The van der Waals surface area contributed by atoms with E-state index in [1.54, 1.807) is 0 Å². The maximum absolute atomic E-state index is 10.9. The third kappa shape index (κ3) is 4.07. The lowest BCUT2D eigenvalue weighted by molar-refractivity contribution is -0.138. The van der Waals surface area contributed by atoms with Gasteiger partial charge in [0.25, 0.3) is 0 Å². The fourth-order valence-corrected chi connectivity index (χ4v) is 4.93. The molecule has 154 valence electrons. The number of fused-ring (bicyclic) bond motifs is 1. The fraction of sp³-hybridized carbons (Fsp3) is 0.522. The van der Waals surface area contributed by atoms with E-state index in [-0.39, 0.29) is 11.5 Å². The number of benzene rings is 1. The Morgan fingerprint density at radius 1 is 1.14 bits per heavy atom. The zero-order chi connectivity index (χ0) is 20.6. The summed E-state index contributed by atoms with van der Waals surface area (Å²) in [5.74, 6) is 1.43. The van der Waals surface area contributed by atoms with E-state index in [2.05, 4.69) is 48.1 Å². The average molecular weight is 396 g/mol. The predicted octanol–water partition coefficient (Wildman–Crippen LogP) is 4.30. The van der Waals surface area contributed by atoms with E-state index in [0.717, 1.165) is 37.7 Å². The Balaban J connectivity index is 1.48. The molecule has 2 heterocycles. The van der Waals surface area contributed by atoms with E-state index in [4.69, 9.17) is 15.6 Å². The smallest absolute Gasteiger partial charge is 0.303 e. The van der Waals surface area contributed by atoms with E-state index < -0.39 is 5.97 Å². The van der Waals surface area contributed by atoms with Crippen LogP contribution in [0.15, 0.2) is 30.6 Å². The highest BCUT2D eigenvalue weighted by Crippen LogP contribution is 2.43. The largest absolute Gasteiger partial charge is 0.481 e. The van der Waals surface area contributed by atoms with Crippen molar-refractivity contribution in [1.82, 2.24) is 9.97 Å². The molecular formula is C23H29N3O3. The van der Waals surface area contributed by atoms with Gasteiger partial charge in [-0.3, -0.25) is 4.79 Å². The number of ether oxygens (including phenoxy) is 1. The number of carbonyl (C=O) groups is 1. The van der Waals surface area contributed by atoms with Crippen LogP contribution in [0.3, 0.4) is 0 Å². The van der Waals surface area contributed by atoms with Gasteiger partial charge in [-0.25, -0.2) is 9.97 Å². The Bertz CT molecular complexity index is 887. The zero-order valence-electron chi connectivity index (χ0n) is 17.1. The summed E-state index contributed by atoms with van der Waals surface area (Å²) in [6, 6.07) is 8.88. The number of aliphatic carboxylic acids is 1. The van der Waals surface area contributed by atoms with Crippen LogP contribution in [-0.2, 0) is 11.2 Å². The number of carboxylic acids is 1. The summed E-state index contributed by atoms with van der Waals surface area (Å²) in [7, 11) is 0. The van der Waals surface area contributed by atoms with Gasteiger partial charge in [-0.05, 0) is 68.9 Å². The molecule has 1 aromatic heterocycles. The molecule has 2 aliphatic rings. The second-order valence-corrected chi connectivity index (χ2v) is 8.99. The molecule has 6 heteroatoms. The first-order valence-corrected chi connectivity index (χ1v) is 10.4. The molecule has 0 spiro atoms. The van der Waals surface area contributed by atoms with E-state index >= 15 is 0 Å². The number of hydrogen-bond donors (Lipinski definition) is 2. The summed E-state index contributed by atoms with van der Waals surface area (Å²) in [4.78, 5) is 19.3. The average Bonchev–Trinajstić information content (AvgIpc) is 2.67. The van der Waals surface area contributed by atoms with Crippen molar-refractivity contribution in [3.63, 3.8) is 0 Å². The summed E-state index contributed by atoms with van der Waals surface area (Å²) in [6.07, 6.45) is 6.64. The van der Waals surface area contributed by atoms with Gasteiger partial charge in [0.05, 0.1) is 5.56 Å². The topological polar surface area (TPSA) is 98.3 Å². The predicted molar refractivity (Wildman–Crippen MR) is 111 cm³/mol. The van der Waals surface area contributed by atoms with E-state index in [0.29, 0.717) is 30.0 Å². The second kappa shape index (κ2) is 7.65. The van der Waals surface area contributed by atoms with Crippen LogP contribution in [0.1, 0.15) is 74.5 Å². The Hall–Kier alpha value is -2.63. The third-order valence-electron chi connectivity index (χ3n) is 6.67. The quantitative estimate of drug-likeness (QED) is 0.801. The van der Waals surface area contributed by atoms with Crippen LogP contribution in [0.2, 0.25) is 0 Å². The van der Waals surface area contributed by atoms with E-state index in [9.17, 15) is 4.79 Å². The van der Waals surface area contributed by atoms with E-state index in [1.807, 2.05) is 0 Å². The summed E-state index contributed by atoms with van der Waals surface area (Å²) in [5, 5.41) is 9.00. The maximum atomic E-state index is 10.9. The SMILES string of the molecule is CC1(C)Oc2ncnc(N)c2CC1c1ccc([C@H]2CC[C@H](CC(=O)O)CC2)cc1. The van der Waals surface area contributed by atoms with Crippen LogP contribution in [0, 0.1) is 5.92 Å². The Kier molecular flexibility index (Phi) is 5.19. The van der Waals surface area contributed by atoms with Crippen molar-refractivity contribution in [1.29, 1.82) is 0 Å². The molecule has 29 heavy (non-hydrogen) atoms. The van der Waals surface area contributed by atoms with Crippen LogP contribution in [-0.4, -0.2) is 26.6 Å². The molecular weight excluding hydrogens is 366 g/mol. The van der Waals surface area contributed by atoms with Crippen molar-refractivity contribution in [2.24, 2.45) is 5.92 Å². The van der Waals surface area contributed by atoms with Crippen molar-refractivity contribution < 1.29 is 14.6 Å². The molecule has 6 nitrogen and oxygen atoms in total. The van der Waals surface area contributed by atoms with Crippen molar-refractivity contribution in [2.75, 3.05) is 5.73 Å². The minimum atomic E-state index is -0.678. The van der Waals surface area contributed by atoms with Gasteiger partial charge in [-0.15, -0.1) is 0 Å². The standard InChI is InChI=1S/C23H29N3O3/c1-23(2)19(12-18-21(24)25-13-26-22(18)29-23)17-9-7-16(8-10-17)15-5-3-14(4-6-15)11-20(27)28/h7-10,13-15,19H,3-6,11-12H2,1-2H3,(H,27,28)(H2,24,25,26)/t14-,15-,19?. The van der Waals surface area contributed by atoms with Gasteiger partial charge in [-0.1, -0.05) is 24.3 Å². The van der Waals surface area contributed by atoms with Crippen LogP contribution in [0.4, 0.5) is 5.82 Å². The monoisotopic (exact) mass is 395 g/mol. The fourth-order valence-electron chi connectivity index (χ4n) is 4.93. The highest BCUT2D eigenvalue weighted by molar-refractivity contribution is 5.67. The number of nitrogen functional groups attached to an aromatic ring is 1. The molecule has 1 atom stereocenters. The van der Waals surface area contributed by atoms with Crippen LogP contribution >= 0.6 is 0 Å². The van der Waals surface area contributed by atoms with Gasteiger partial charge in [0.15, 0.2) is 0 Å². The number of anilines is 1. The van der Waals surface area contributed by atoms with Gasteiger partial charge >= 0.3 is 5.97 Å². The van der Waals surface area contributed by atoms with Gasteiger partial charge < -0.3 is 15.6 Å². The van der Waals surface area contributed by atoms with Crippen molar-refractivity contribution in [3.8, 4) is 5.88 Å². The van der Waals surface area contributed by atoms with Gasteiger partial charge in [0, 0.05) is 12.3 Å². The number of aromatic nitrogens is 2. The molecule has 1 saturated carbocycles. The van der Waals surface area contributed by atoms with E-state index in [1.165, 1.54) is 17.5 Å². The number of carboxylic acid groups (broad SMARTS) is 1. The molecule has 0 saturated heterocycles. The molecule has 1 aliphatic carbocycles. The molecule has 2 aromatic rings. The zero-order valence-corrected chi connectivity index (χ0v) is 17.1. The van der Waals surface area contributed by atoms with Crippen molar-refractivity contribution in [2.45, 2.75) is 69.8 Å². The van der Waals surface area contributed by atoms with Crippen LogP contribution in [0.5, 0.6) is 5.88 Å². The molecule has 1 fully saturated rings. The number of nitrogens with two attached hydrogens (primary N) is 1. The first-order chi connectivity index (χ1) is 13.8. The minimum absolute atomic E-state index is 0.170. The molecule has 1 aromatic carbocycles. The Labute approximate surface area is 171 Å². The van der Waals surface area contributed by atoms with Crippen LogP contribution in [0.25, 0.3) is 0 Å². The first kappa shape index (κ1) is 19.7. The third-order valence-corrected chi connectivity index (χ3v) is 6.67. The molecule has 4 rings (SSSR count). The van der Waals surface area contributed by atoms with Crippen molar-refractivity contribution >= 4 is 11.8 Å². The highest BCUT2D eigenvalue weighted by Gasteiger charge is 2.39. The molecule has 0 amide bonds. The lowest BCUT2D eigenvalue weighted by Gasteiger charge is -2.39. The summed E-state index contributed by atoms with van der Waals surface area (Å²) in [6.45, 7) is 4.19. The van der Waals surface area contributed by atoms with Crippen molar-refractivity contribution in [3.05, 3.63) is 47.3 Å². The second-order valence-electron chi connectivity index (χ2n) is 8.99. The highest BCUT2D eigenvalue weighted by atomic mass is 16.5. The first-order valence-electron chi connectivity index (χ1n) is 10.4. The summed E-state index contributed by atoms with van der Waals surface area (Å²) < 4.78 is 6.18. The molecule has 1 aliphatic heterocycles. The van der Waals surface area contributed by atoms with Gasteiger partial charge in [0.1, 0.15) is 17.7 Å². The van der Waals surface area contributed by atoms with Crippen LogP contribution < -0.4 is 10.5 Å². The lowest BCUT2D eigenvalue weighted by atomic mass is 9.75. The normalized spacial score (nSPS) is 25.7. The summed E-state index contributed by atoms with van der Waals surface area (Å²) in [5.41, 5.74) is 9.14. The lowest BCUT2D eigenvalue weighted by Crippen LogP contribution is -2.41. The Morgan fingerprint density at radius 3 is 2.45 bits per heavy atom. The molecule has 3 N–H and O–H groups in total. The number of rotatable bonds is 4. The molecule has 1 unspecified atom stereocenters. The number of hydrogen-bond acceptors (Lipinski definition) is 5. The molecule has 0 bridgehead atoms. The Morgan fingerprint density at radius 2 is 1.79 bits per heavy atom. The van der Waals surface area contributed by atoms with Gasteiger partial charge in [0.2, 0.25) is 5.88 Å². The summed E-state index contributed by atoms with van der Waals surface area (Å²) >= 11 is 0. The minimum Gasteiger partial charge on any atom is -0.481 e. The maximum Gasteiger partial charge on any atom is 0.303 e.